The lowest BCUT2D eigenvalue weighted by molar-refractivity contribution is -0.139. The molecule has 2 heterocycles. The number of esters is 2. The Hall–Kier alpha value is -2.97. The Balaban J connectivity index is 2.19. The van der Waals surface area contributed by atoms with E-state index in [4.69, 9.17) is 9.47 Å². The highest BCUT2D eigenvalue weighted by Crippen LogP contribution is 2.17. The third-order valence-electron chi connectivity index (χ3n) is 3.48. The van der Waals surface area contributed by atoms with E-state index in [1.165, 1.54) is 12.4 Å². The molecule has 1 aromatic rings. The molecule has 0 bridgehead atoms. The Labute approximate surface area is 144 Å². The molecule has 2 N–H and O–H groups in total. The van der Waals surface area contributed by atoms with Gasteiger partial charge >= 0.3 is 18.0 Å². The average Bonchev–Trinajstić information content (AvgIpc) is 2.59. The number of aromatic nitrogens is 2. The number of aryl methyl sites for hydroxylation is 1. The second-order valence-electron chi connectivity index (χ2n) is 5.29. The van der Waals surface area contributed by atoms with Crippen molar-refractivity contribution in [3.05, 3.63) is 35.1 Å². The van der Waals surface area contributed by atoms with Gasteiger partial charge in [0.1, 0.15) is 6.61 Å². The highest BCUT2D eigenvalue weighted by molar-refractivity contribution is 5.95. The smallest absolute Gasteiger partial charge is 0.358 e. The average molecular weight is 348 g/mol. The van der Waals surface area contributed by atoms with E-state index in [2.05, 4.69) is 20.6 Å². The number of amides is 2. The first kappa shape index (κ1) is 18.4. The minimum atomic E-state index is -0.705. The second-order valence-corrected chi connectivity index (χ2v) is 5.29. The summed E-state index contributed by atoms with van der Waals surface area (Å²) in [7, 11) is 0. The SMILES string of the molecule is CCOC(=O)C1=C(COC(=O)c2cnc(C)cn2)NC(=O)N[C@H]1CC. The molecule has 0 aromatic carbocycles. The highest BCUT2D eigenvalue weighted by Gasteiger charge is 2.32. The third kappa shape index (κ3) is 4.52. The van der Waals surface area contributed by atoms with E-state index in [0.29, 0.717) is 12.1 Å². The zero-order chi connectivity index (χ0) is 18.4. The van der Waals surface area contributed by atoms with Crippen LogP contribution in [0.4, 0.5) is 4.79 Å². The molecule has 9 nitrogen and oxygen atoms in total. The molecule has 0 fully saturated rings. The van der Waals surface area contributed by atoms with E-state index < -0.39 is 24.0 Å². The van der Waals surface area contributed by atoms with Gasteiger partial charge in [-0.15, -0.1) is 0 Å². The fourth-order valence-electron chi connectivity index (χ4n) is 2.29. The summed E-state index contributed by atoms with van der Waals surface area (Å²) in [6.07, 6.45) is 3.23. The maximum Gasteiger partial charge on any atom is 0.358 e. The van der Waals surface area contributed by atoms with Crippen molar-refractivity contribution >= 4 is 18.0 Å². The molecule has 0 saturated heterocycles. The minimum Gasteiger partial charge on any atom is -0.463 e. The van der Waals surface area contributed by atoms with Crippen molar-refractivity contribution in [2.45, 2.75) is 33.2 Å². The van der Waals surface area contributed by atoms with Crippen LogP contribution < -0.4 is 10.6 Å². The Kier molecular flexibility index (Phi) is 6.04. The number of nitrogens with one attached hydrogen (secondary N) is 2. The van der Waals surface area contributed by atoms with Crippen LogP contribution in [0.1, 0.15) is 36.5 Å². The van der Waals surface area contributed by atoms with Crippen LogP contribution in [0.5, 0.6) is 0 Å². The third-order valence-corrected chi connectivity index (χ3v) is 3.48. The molecule has 2 amide bonds. The molecule has 0 unspecified atom stereocenters. The monoisotopic (exact) mass is 348 g/mol. The van der Waals surface area contributed by atoms with Crippen LogP contribution in [-0.4, -0.2) is 47.2 Å². The largest absolute Gasteiger partial charge is 0.463 e. The predicted molar refractivity (Wildman–Crippen MR) is 86.5 cm³/mol. The molecule has 25 heavy (non-hydrogen) atoms. The van der Waals surface area contributed by atoms with E-state index in [9.17, 15) is 14.4 Å². The van der Waals surface area contributed by atoms with E-state index in [-0.39, 0.29) is 30.2 Å². The van der Waals surface area contributed by atoms with Gasteiger partial charge in [0.2, 0.25) is 0 Å². The van der Waals surface area contributed by atoms with E-state index in [0.717, 1.165) is 0 Å². The van der Waals surface area contributed by atoms with Crippen LogP contribution in [0.3, 0.4) is 0 Å². The van der Waals surface area contributed by atoms with Gasteiger partial charge in [0.15, 0.2) is 5.69 Å². The van der Waals surface area contributed by atoms with Gasteiger partial charge in [-0.2, -0.15) is 0 Å². The number of carbonyl (C=O) groups is 3. The summed E-state index contributed by atoms with van der Waals surface area (Å²) in [6.45, 7) is 5.16. The first-order valence-corrected chi connectivity index (χ1v) is 7.89. The first-order chi connectivity index (χ1) is 12.0. The van der Waals surface area contributed by atoms with Crippen LogP contribution in [-0.2, 0) is 14.3 Å². The van der Waals surface area contributed by atoms with E-state index >= 15 is 0 Å². The summed E-state index contributed by atoms with van der Waals surface area (Å²) >= 11 is 0. The zero-order valence-corrected chi connectivity index (χ0v) is 14.3. The number of urea groups is 1. The van der Waals surface area contributed by atoms with Crippen LogP contribution in [0.2, 0.25) is 0 Å². The maximum absolute atomic E-state index is 12.2. The van der Waals surface area contributed by atoms with Crippen molar-refractivity contribution in [3.8, 4) is 0 Å². The number of hydrogen-bond acceptors (Lipinski definition) is 7. The number of hydrogen-bond donors (Lipinski definition) is 2. The molecule has 0 aliphatic carbocycles. The maximum atomic E-state index is 12.2. The molecule has 0 radical (unpaired) electrons. The van der Waals surface area contributed by atoms with Crippen molar-refractivity contribution < 1.29 is 23.9 Å². The van der Waals surface area contributed by atoms with Crippen LogP contribution >= 0.6 is 0 Å². The van der Waals surface area contributed by atoms with Gasteiger partial charge in [-0.1, -0.05) is 6.92 Å². The number of nitrogens with zero attached hydrogens (tertiary/aromatic N) is 2. The Morgan fingerprint density at radius 3 is 2.52 bits per heavy atom. The topological polar surface area (TPSA) is 120 Å². The predicted octanol–water partition coefficient (Wildman–Crippen LogP) is 0.850. The highest BCUT2D eigenvalue weighted by atomic mass is 16.5. The molecule has 0 saturated carbocycles. The van der Waals surface area contributed by atoms with Gasteiger partial charge in [-0.25, -0.2) is 19.4 Å². The van der Waals surface area contributed by atoms with Crippen LogP contribution in [0.25, 0.3) is 0 Å². The Morgan fingerprint density at radius 1 is 1.16 bits per heavy atom. The lowest BCUT2D eigenvalue weighted by Crippen LogP contribution is -2.51. The number of ether oxygens (including phenoxy) is 2. The van der Waals surface area contributed by atoms with Gasteiger partial charge in [0.05, 0.1) is 35.8 Å². The van der Waals surface area contributed by atoms with Crippen LogP contribution in [0, 0.1) is 6.92 Å². The normalized spacial score (nSPS) is 16.8. The lowest BCUT2D eigenvalue weighted by atomic mass is 10.0. The van der Waals surface area contributed by atoms with Gasteiger partial charge in [0, 0.05) is 6.20 Å². The van der Waals surface area contributed by atoms with E-state index in [1.54, 1.807) is 13.8 Å². The lowest BCUT2D eigenvalue weighted by Gasteiger charge is -2.28. The second kappa shape index (κ2) is 8.22. The molecule has 134 valence electrons. The summed E-state index contributed by atoms with van der Waals surface area (Å²) in [6, 6.07) is -0.984. The summed E-state index contributed by atoms with van der Waals surface area (Å²) in [5.74, 6) is -1.27. The fourth-order valence-corrected chi connectivity index (χ4v) is 2.29. The molecule has 1 atom stereocenters. The molecular weight excluding hydrogens is 328 g/mol. The minimum absolute atomic E-state index is 0.0381. The first-order valence-electron chi connectivity index (χ1n) is 7.89. The summed E-state index contributed by atoms with van der Waals surface area (Å²) in [5, 5.41) is 5.14. The molecule has 9 heteroatoms. The van der Waals surface area contributed by atoms with Crippen molar-refractivity contribution in [1.82, 2.24) is 20.6 Å². The molecule has 1 aliphatic rings. The molecule has 1 aromatic heterocycles. The number of carbonyl (C=O) groups excluding carboxylic acids is 3. The van der Waals surface area contributed by atoms with Crippen LogP contribution in [0.15, 0.2) is 23.7 Å². The molecule has 2 rings (SSSR count). The van der Waals surface area contributed by atoms with Crippen molar-refractivity contribution in [2.24, 2.45) is 0 Å². The Bertz CT molecular complexity index is 699. The zero-order valence-electron chi connectivity index (χ0n) is 14.3. The fraction of sp³-hybridized carbons (Fsp3) is 0.438. The van der Waals surface area contributed by atoms with Crippen molar-refractivity contribution in [3.63, 3.8) is 0 Å². The molecule has 0 spiro atoms. The summed E-state index contributed by atoms with van der Waals surface area (Å²) in [4.78, 5) is 43.9. The standard InChI is InChI=1S/C16H20N4O5/c1-4-10-13(15(22)24-5-2)12(20-16(23)19-10)8-25-14(21)11-7-17-9(3)6-18-11/h6-7,10H,4-5,8H2,1-3H3,(H2,19,20,23)/t10-/m0/s1. The van der Waals surface area contributed by atoms with Gasteiger partial charge in [0.25, 0.3) is 0 Å². The summed E-state index contributed by atoms with van der Waals surface area (Å²) in [5.41, 5.74) is 1.14. The van der Waals surface area contributed by atoms with Gasteiger partial charge in [-0.05, 0) is 20.3 Å². The van der Waals surface area contributed by atoms with Gasteiger partial charge < -0.3 is 20.1 Å². The van der Waals surface area contributed by atoms with E-state index in [1.807, 2.05) is 6.92 Å². The molecule has 1 aliphatic heterocycles. The Morgan fingerprint density at radius 2 is 1.92 bits per heavy atom. The number of rotatable bonds is 6. The van der Waals surface area contributed by atoms with Crippen molar-refractivity contribution in [2.75, 3.05) is 13.2 Å². The summed E-state index contributed by atoms with van der Waals surface area (Å²) < 4.78 is 10.2. The quantitative estimate of drug-likeness (QED) is 0.731. The molecular formula is C16H20N4O5. The van der Waals surface area contributed by atoms with Crippen molar-refractivity contribution in [1.29, 1.82) is 0 Å². The van der Waals surface area contributed by atoms with Gasteiger partial charge in [-0.3, -0.25) is 4.98 Å².